The highest BCUT2D eigenvalue weighted by atomic mass is 32.2. The Bertz CT molecular complexity index is 510. The number of nitrogens with one attached hydrogen (secondary N) is 1. The first kappa shape index (κ1) is 15.4. The van der Waals surface area contributed by atoms with Crippen molar-refractivity contribution in [1.29, 1.82) is 0 Å². The summed E-state index contributed by atoms with van der Waals surface area (Å²) < 4.78 is 28.7. The van der Waals surface area contributed by atoms with E-state index in [9.17, 15) is 8.42 Å². The van der Waals surface area contributed by atoms with E-state index in [1.807, 2.05) is 30.3 Å². The Hall–Kier alpha value is -0.950. The lowest BCUT2D eigenvalue weighted by atomic mass is 9.93. The van der Waals surface area contributed by atoms with Gasteiger partial charge in [0.15, 0.2) is 0 Å². The monoisotopic (exact) mass is 297 g/mol. The lowest BCUT2D eigenvalue weighted by molar-refractivity contribution is 0.361. The molecule has 0 aromatic heterocycles. The molecule has 1 fully saturated rings. The molecule has 0 spiro atoms. The first-order valence-electron chi connectivity index (χ1n) is 7.00. The van der Waals surface area contributed by atoms with Crippen LogP contribution in [0.2, 0.25) is 0 Å². The van der Waals surface area contributed by atoms with Crippen molar-refractivity contribution < 1.29 is 8.42 Å². The molecule has 1 aromatic rings. The second-order valence-electron chi connectivity index (χ2n) is 5.48. The summed E-state index contributed by atoms with van der Waals surface area (Å²) in [5, 5.41) is 0. The van der Waals surface area contributed by atoms with Crippen LogP contribution in [0, 0.1) is 0 Å². The van der Waals surface area contributed by atoms with Crippen LogP contribution in [0.5, 0.6) is 0 Å². The molecule has 0 amide bonds. The highest BCUT2D eigenvalue weighted by Gasteiger charge is 2.25. The number of nitrogens with zero attached hydrogens (tertiary/aromatic N) is 1. The molecule has 1 saturated carbocycles. The maximum atomic E-state index is 12.3. The molecule has 0 aliphatic heterocycles. The van der Waals surface area contributed by atoms with Crippen molar-refractivity contribution in [2.24, 2.45) is 5.73 Å². The molecular weight excluding hydrogens is 274 g/mol. The highest BCUT2D eigenvalue weighted by molar-refractivity contribution is 7.87. The molecule has 1 aromatic carbocycles. The summed E-state index contributed by atoms with van der Waals surface area (Å²) in [4.78, 5) is 0. The van der Waals surface area contributed by atoms with Crippen molar-refractivity contribution in [3.8, 4) is 0 Å². The van der Waals surface area contributed by atoms with E-state index < -0.39 is 10.2 Å². The zero-order chi connectivity index (χ0) is 14.6. The molecule has 20 heavy (non-hydrogen) atoms. The average Bonchev–Trinajstić information content (AvgIpc) is 2.42. The predicted octanol–water partition coefficient (Wildman–Crippen LogP) is 1.22. The van der Waals surface area contributed by atoms with E-state index in [0.717, 1.165) is 31.2 Å². The Balaban J connectivity index is 1.92. The van der Waals surface area contributed by atoms with Crippen molar-refractivity contribution in [2.75, 3.05) is 7.05 Å². The lowest BCUT2D eigenvalue weighted by Crippen LogP contribution is -2.45. The van der Waals surface area contributed by atoms with E-state index in [1.54, 1.807) is 7.05 Å². The Morgan fingerprint density at radius 1 is 1.20 bits per heavy atom. The number of hydrogen-bond acceptors (Lipinski definition) is 3. The zero-order valence-corrected chi connectivity index (χ0v) is 12.6. The van der Waals surface area contributed by atoms with Crippen LogP contribution in [0.4, 0.5) is 0 Å². The van der Waals surface area contributed by atoms with Crippen molar-refractivity contribution in [3.05, 3.63) is 35.9 Å². The van der Waals surface area contributed by atoms with Gasteiger partial charge in [0.1, 0.15) is 0 Å². The summed E-state index contributed by atoms with van der Waals surface area (Å²) in [6.07, 6.45) is 3.41. The van der Waals surface area contributed by atoms with Gasteiger partial charge in [0.05, 0.1) is 0 Å². The van der Waals surface area contributed by atoms with Gasteiger partial charge < -0.3 is 5.73 Å². The standard InChI is InChI=1S/C14H23N3O2S/c1-17(11-12-5-3-2-4-6-12)20(18,19)16-14-9-7-13(15)8-10-14/h2-6,13-14,16H,7-11,15H2,1H3. The van der Waals surface area contributed by atoms with Crippen LogP contribution in [0.1, 0.15) is 31.2 Å². The summed E-state index contributed by atoms with van der Waals surface area (Å²) in [6.45, 7) is 0.377. The Morgan fingerprint density at radius 3 is 2.40 bits per heavy atom. The van der Waals surface area contributed by atoms with Gasteiger partial charge in [-0.3, -0.25) is 0 Å². The van der Waals surface area contributed by atoms with Crippen LogP contribution in [-0.2, 0) is 16.8 Å². The van der Waals surface area contributed by atoms with E-state index in [-0.39, 0.29) is 12.1 Å². The second-order valence-corrected chi connectivity index (χ2v) is 7.29. The third-order valence-electron chi connectivity index (χ3n) is 3.75. The summed E-state index contributed by atoms with van der Waals surface area (Å²) in [7, 11) is -1.83. The predicted molar refractivity (Wildman–Crippen MR) is 80.2 cm³/mol. The Labute approximate surface area is 121 Å². The van der Waals surface area contributed by atoms with Crippen molar-refractivity contribution >= 4 is 10.2 Å². The molecule has 0 unspecified atom stereocenters. The fourth-order valence-electron chi connectivity index (χ4n) is 2.46. The smallest absolute Gasteiger partial charge is 0.279 e. The first-order valence-corrected chi connectivity index (χ1v) is 8.44. The van der Waals surface area contributed by atoms with Crippen LogP contribution in [0.25, 0.3) is 0 Å². The van der Waals surface area contributed by atoms with E-state index in [0.29, 0.717) is 6.54 Å². The first-order chi connectivity index (χ1) is 9.47. The molecule has 6 heteroatoms. The normalized spacial score (nSPS) is 23.9. The number of hydrogen-bond donors (Lipinski definition) is 2. The summed E-state index contributed by atoms with van der Waals surface area (Å²) in [5.74, 6) is 0. The summed E-state index contributed by atoms with van der Waals surface area (Å²) in [6, 6.07) is 9.81. The molecule has 1 aliphatic carbocycles. The quantitative estimate of drug-likeness (QED) is 0.858. The average molecular weight is 297 g/mol. The fraction of sp³-hybridized carbons (Fsp3) is 0.571. The van der Waals surface area contributed by atoms with Gasteiger partial charge in [0.2, 0.25) is 0 Å². The number of rotatable bonds is 5. The number of nitrogens with two attached hydrogens (primary N) is 1. The number of benzene rings is 1. The van der Waals surface area contributed by atoms with E-state index in [2.05, 4.69) is 4.72 Å². The van der Waals surface area contributed by atoms with Crippen LogP contribution in [-0.4, -0.2) is 31.9 Å². The molecule has 0 saturated heterocycles. The molecule has 0 bridgehead atoms. The van der Waals surface area contributed by atoms with E-state index >= 15 is 0 Å². The molecule has 2 rings (SSSR count). The van der Waals surface area contributed by atoms with Gasteiger partial charge >= 0.3 is 0 Å². The fourth-order valence-corrected chi connectivity index (χ4v) is 3.62. The minimum Gasteiger partial charge on any atom is -0.328 e. The van der Waals surface area contributed by atoms with Crippen LogP contribution < -0.4 is 10.5 Å². The minimum absolute atomic E-state index is 0.0121. The van der Waals surface area contributed by atoms with Crippen molar-refractivity contribution in [2.45, 2.75) is 44.3 Å². The topological polar surface area (TPSA) is 75.4 Å². The van der Waals surface area contributed by atoms with E-state index in [1.165, 1.54) is 4.31 Å². The Kier molecular flexibility index (Phi) is 5.15. The SMILES string of the molecule is CN(Cc1ccccc1)S(=O)(=O)NC1CCC(N)CC1. The third kappa shape index (κ3) is 4.28. The maximum absolute atomic E-state index is 12.3. The molecule has 0 atom stereocenters. The highest BCUT2D eigenvalue weighted by Crippen LogP contribution is 2.18. The van der Waals surface area contributed by atoms with Crippen LogP contribution in [0.3, 0.4) is 0 Å². The Morgan fingerprint density at radius 2 is 1.80 bits per heavy atom. The summed E-state index contributed by atoms with van der Waals surface area (Å²) >= 11 is 0. The zero-order valence-electron chi connectivity index (χ0n) is 11.8. The lowest BCUT2D eigenvalue weighted by Gasteiger charge is -2.28. The maximum Gasteiger partial charge on any atom is 0.279 e. The van der Waals surface area contributed by atoms with Crippen LogP contribution >= 0.6 is 0 Å². The van der Waals surface area contributed by atoms with Gasteiger partial charge in [0, 0.05) is 25.7 Å². The van der Waals surface area contributed by atoms with Gasteiger partial charge in [-0.05, 0) is 31.2 Å². The molecule has 112 valence electrons. The van der Waals surface area contributed by atoms with E-state index in [4.69, 9.17) is 5.73 Å². The van der Waals surface area contributed by atoms with Gasteiger partial charge in [-0.2, -0.15) is 17.4 Å². The molecule has 0 radical (unpaired) electrons. The largest absolute Gasteiger partial charge is 0.328 e. The van der Waals surface area contributed by atoms with Crippen LogP contribution in [0.15, 0.2) is 30.3 Å². The van der Waals surface area contributed by atoms with Gasteiger partial charge in [-0.15, -0.1) is 0 Å². The molecule has 3 N–H and O–H groups in total. The molecular formula is C14H23N3O2S. The van der Waals surface area contributed by atoms with Crippen molar-refractivity contribution in [3.63, 3.8) is 0 Å². The summed E-state index contributed by atoms with van der Waals surface area (Å²) in [5.41, 5.74) is 6.81. The third-order valence-corrected chi connectivity index (χ3v) is 5.33. The molecule has 1 aliphatic rings. The minimum atomic E-state index is -3.43. The molecule has 0 heterocycles. The van der Waals surface area contributed by atoms with Crippen molar-refractivity contribution in [1.82, 2.24) is 9.03 Å². The second kappa shape index (κ2) is 6.67. The van der Waals surface area contributed by atoms with Gasteiger partial charge in [0.25, 0.3) is 10.2 Å². The van der Waals surface area contributed by atoms with Gasteiger partial charge in [-0.1, -0.05) is 30.3 Å². The van der Waals surface area contributed by atoms with Gasteiger partial charge in [-0.25, -0.2) is 0 Å². The molecule has 5 nitrogen and oxygen atoms in total.